The van der Waals surface area contributed by atoms with Crippen LogP contribution in [0.3, 0.4) is 0 Å². The number of nitro groups is 1. The van der Waals surface area contributed by atoms with Gasteiger partial charge < -0.3 is 20.0 Å². The van der Waals surface area contributed by atoms with Crippen molar-refractivity contribution in [3.8, 4) is 0 Å². The summed E-state index contributed by atoms with van der Waals surface area (Å²) in [6.07, 6.45) is 3.17. The zero-order chi connectivity index (χ0) is 23.4. The van der Waals surface area contributed by atoms with E-state index in [2.05, 4.69) is 22.0 Å². The molecule has 0 bridgehead atoms. The Morgan fingerprint density at radius 2 is 1.76 bits per heavy atom. The molecule has 2 heterocycles. The lowest BCUT2D eigenvalue weighted by Crippen LogP contribution is -2.46. The number of carbonyl (C=O) groups excluding carboxylic acids is 1. The summed E-state index contributed by atoms with van der Waals surface area (Å²) in [5, 5.41) is 15.3. The molecule has 1 N–H and O–H groups in total. The van der Waals surface area contributed by atoms with Gasteiger partial charge in [0, 0.05) is 50.9 Å². The van der Waals surface area contributed by atoms with E-state index in [1.807, 2.05) is 17.0 Å². The summed E-state index contributed by atoms with van der Waals surface area (Å²) in [6, 6.07) is 10.2. The van der Waals surface area contributed by atoms with Crippen LogP contribution in [-0.4, -0.2) is 61.5 Å². The third kappa shape index (κ3) is 5.23. The molecule has 33 heavy (non-hydrogen) atoms. The fourth-order valence-corrected chi connectivity index (χ4v) is 4.93. The van der Waals surface area contributed by atoms with Crippen LogP contribution >= 0.6 is 11.6 Å². The van der Waals surface area contributed by atoms with Crippen molar-refractivity contribution in [3.05, 3.63) is 57.1 Å². The number of para-hydroxylation sites is 1. The molecular formula is C24H30ClN5O3. The molecule has 4 rings (SSSR count). The maximum absolute atomic E-state index is 13.1. The predicted octanol–water partition coefficient (Wildman–Crippen LogP) is 4.63. The molecule has 1 amide bonds. The zero-order valence-electron chi connectivity index (χ0n) is 18.9. The summed E-state index contributed by atoms with van der Waals surface area (Å²) in [5.41, 5.74) is 2.20. The van der Waals surface area contributed by atoms with Crippen LogP contribution in [0.1, 0.15) is 36.5 Å². The number of piperidine rings is 1. The van der Waals surface area contributed by atoms with E-state index in [0.29, 0.717) is 16.4 Å². The van der Waals surface area contributed by atoms with Gasteiger partial charge in [-0.05, 0) is 50.1 Å². The maximum atomic E-state index is 13.1. The highest BCUT2D eigenvalue weighted by Gasteiger charge is 2.25. The molecule has 2 fully saturated rings. The summed E-state index contributed by atoms with van der Waals surface area (Å²) in [4.78, 5) is 31.1. The first-order valence-corrected chi connectivity index (χ1v) is 12.0. The molecule has 0 unspecified atom stereocenters. The first-order chi connectivity index (χ1) is 16.0. The Hall–Kier alpha value is -2.84. The number of amides is 1. The first-order valence-electron chi connectivity index (χ1n) is 11.6. The molecule has 8 nitrogen and oxygen atoms in total. The predicted molar refractivity (Wildman–Crippen MR) is 133 cm³/mol. The normalized spacial score (nSPS) is 17.2. The lowest BCUT2D eigenvalue weighted by Gasteiger charge is -2.36. The minimum Gasteiger partial charge on any atom is -0.366 e. The van der Waals surface area contributed by atoms with Crippen LogP contribution in [0, 0.1) is 10.1 Å². The van der Waals surface area contributed by atoms with Crippen molar-refractivity contribution in [2.75, 3.05) is 60.9 Å². The Labute approximate surface area is 199 Å². The van der Waals surface area contributed by atoms with Crippen molar-refractivity contribution in [2.24, 2.45) is 0 Å². The van der Waals surface area contributed by atoms with Crippen LogP contribution < -0.4 is 15.1 Å². The first kappa shape index (κ1) is 23.3. The largest absolute Gasteiger partial charge is 0.366 e. The number of halogens is 1. The van der Waals surface area contributed by atoms with Crippen LogP contribution in [0.2, 0.25) is 5.02 Å². The van der Waals surface area contributed by atoms with E-state index in [1.165, 1.54) is 6.07 Å². The molecule has 0 spiro atoms. The third-order valence-electron chi connectivity index (χ3n) is 6.50. The Morgan fingerprint density at radius 3 is 2.42 bits per heavy atom. The zero-order valence-corrected chi connectivity index (χ0v) is 19.7. The molecule has 2 aromatic rings. The van der Waals surface area contributed by atoms with Crippen LogP contribution in [0.5, 0.6) is 0 Å². The summed E-state index contributed by atoms with van der Waals surface area (Å²) >= 11 is 6.53. The highest BCUT2D eigenvalue weighted by molar-refractivity contribution is 6.34. The Bertz CT molecular complexity index is 1020. The molecule has 2 aliphatic rings. The van der Waals surface area contributed by atoms with E-state index in [0.717, 1.165) is 70.8 Å². The molecule has 0 atom stereocenters. The Balaban J connectivity index is 1.57. The maximum Gasteiger partial charge on any atom is 0.293 e. The average Bonchev–Trinajstić information content (AvgIpc) is 2.84. The topological polar surface area (TPSA) is 82.0 Å². The van der Waals surface area contributed by atoms with Crippen molar-refractivity contribution in [2.45, 2.75) is 26.2 Å². The van der Waals surface area contributed by atoms with Gasteiger partial charge in [0.15, 0.2) is 0 Å². The molecule has 0 aromatic heterocycles. The highest BCUT2D eigenvalue weighted by atomic mass is 35.5. The van der Waals surface area contributed by atoms with Crippen LogP contribution in [0.15, 0.2) is 36.4 Å². The number of anilines is 3. The van der Waals surface area contributed by atoms with Gasteiger partial charge in [0.2, 0.25) is 0 Å². The van der Waals surface area contributed by atoms with E-state index >= 15 is 0 Å². The van der Waals surface area contributed by atoms with Crippen molar-refractivity contribution in [1.29, 1.82) is 0 Å². The van der Waals surface area contributed by atoms with Crippen molar-refractivity contribution in [3.63, 3.8) is 0 Å². The van der Waals surface area contributed by atoms with Crippen LogP contribution in [0.25, 0.3) is 0 Å². The van der Waals surface area contributed by atoms with Crippen molar-refractivity contribution in [1.82, 2.24) is 4.90 Å². The number of hydrogen-bond acceptors (Lipinski definition) is 6. The average molecular weight is 472 g/mol. The van der Waals surface area contributed by atoms with Gasteiger partial charge in [0.05, 0.1) is 21.3 Å². The molecule has 176 valence electrons. The quantitative estimate of drug-likeness (QED) is 0.488. The molecule has 0 aliphatic carbocycles. The lowest BCUT2D eigenvalue weighted by atomic mass is 10.1. The second-order valence-electron chi connectivity index (χ2n) is 8.52. The summed E-state index contributed by atoms with van der Waals surface area (Å²) in [5.74, 6) is -0.390. The number of carbonyl (C=O) groups is 1. The monoisotopic (exact) mass is 471 g/mol. The molecule has 2 aliphatic heterocycles. The molecule has 9 heteroatoms. The van der Waals surface area contributed by atoms with Gasteiger partial charge in [-0.1, -0.05) is 24.6 Å². The minimum absolute atomic E-state index is 0.0356. The molecule has 0 radical (unpaired) electrons. The number of hydrogen-bond donors (Lipinski definition) is 1. The van der Waals surface area contributed by atoms with E-state index in [9.17, 15) is 14.9 Å². The fourth-order valence-electron chi connectivity index (χ4n) is 4.63. The summed E-state index contributed by atoms with van der Waals surface area (Å²) < 4.78 is 0. The van der Waals surface area contributed by atoms with Gasteiger partial charge in [0.25, 0.3) is 11.6 Å². The number of nitrogens with zero attached hydrogens (tertiary/aromatic N) is 4. The lowest BCUT2D eigenvalue weighted by molar-refractivity contribution is -0.384. The standard InChI is InChI=1S/C24H30ClN5O3/c1-2-27-13-15-29(16-14-27)23-19(25)7-6-8-20(23)26-24(31)18-9-10-21(22(17-18)30(32)33)28-11-4-3-5-12-28/h6-10,17H,2-5,11-16H2,1H3,(H,26,31). The van der Waals surface area contributed by atoms with E-state index in [1.54, 1.807) is 18.2 Å². The molecule has 0 saturated carbocycles. The van der Waals surface area contributed by atoms with E-state index < -0.39 is 4.92 Å². The second-order valence-corrected chi connectivity index (χ2v) is 8.93. The number of benzene rings is 2. The van der Waals surface area contributed by atoms with Crippen LogP contribution in [-0.2, 0) is 0 Å². The Morgan fingerprint density at radius 1 is 1.03 bits per heavy atom. The van der Waals surface area contributed by atoms with Crippen molar-refractivity contribution < 1.29 is 9.72 Å². The van der Waals surface area contributed by atoms with Gasteiger partial charge in [-0.25, -0.2) is 0 Å². The van der Waals surface area contributed by atoms with Crippen molar-refractivity contribution >= 4 is 40.3 Å². The second kappa shape index (κ2) is 10.4. The smallest absolute Gasteiger partial charge is 0.293 e. The molecular weight excluding hydrogens is 442 g/mol. The number of likely N-dealkylation sites (N-methyl/N-ethyl adjacent to an activating group) is 1. The third-order valence-corrected chi connectivity index (χ3v) is 6.81. The number of rotatable bonds is 6. The summed E-state index contributed by atoms with van der Waals surface area (Å²) in [7, 11) is 0. The van der Waals surface area contributed by atoms with Gasteiger partial charge in [-0.2, -0.15) is 0 Å². The molecule has 2 saturated heterocycles. The van der Waals surface area contributed by atoms with Gasteiger partial charge in [-0.15, -0.1) is 0 Å². The number of nitrogens with one attached hydrogen (secondary N) is 1. The number of piperazine rings is 1. The van der Waals surface area contributed by atoms with Gasteiger partial charge in [0.1, 0.15) is 5.69 Å². The Kier molecular flexibility index (Phi) is 7.35. The van der Waals surface area contributed by atoms with E-state index in [4.69, 9.17) is 11.6 Å². The van der Waals surface area contributed by atoms with Gasteiger partial charge in [-0.3, -0.25) is 14.9 Å². The molecule has 2 aromatic carbocycles. The minimum atomic E-state index is -0.404. The number of nitro benzene ring substituents is 1. The van der Waals surface area contributed by atoms with E-state index in [-0.39, 0.29) is 17.2 Å². The highest BCUT2D eigenvalue weighted by Crippen LogP contribution is 2.36. The van der Waals surface area contributed by atoms with Gasteiger partial charge >= 0.3 is 0 Å². The fraction of sp³-hybridized carbons (Fsp3) is 0.458. The van der Waals surface area contributed by atoms with Crippen LogP contribution in [0.4, 0.5) is 22.7 Å². The SMILES string of the molecule is CCN1CCN(c2c(Cl)cccc2NC(=O)c2ccc(N3CCCCC3)c([N+](=O)[O-])c2)CC1. The summed E-state index contributed by atoms with van der Waals surface area (Å²) in [6.45, 7) is 8.23.